The van der Waals surface area contributed by atoms with Gasteiger partial charge in [0.25, 0.3) is 0 Å². The molecule has 86 valence electrons. The average Bonchev–Trinajstić information content (AvgIpc) is 2.33. The van der Waals surface area contributed by atoms with Crippen LogP contribution in [0.15, 0.2) is 18.2 Å². The summed E-state index contributed by atoms with van der Waals surface area (Å²) < 4.78 is 13.3. The highest BCUT2D eigenvalue weighted by molar-refractivity contribution is 7.81. The largest absolute Gasteiger partial charge is 0.497 e. The van der Waals surface area contributed by atoms with E-state index in [9.17, 15) is 0 Å². The molecule has 0 saturated carbocycles. The lowest BCUT2D eigenvalue weighted by Crippen LogP contribution is -2.48. The van der Waals surface area contributed by atoms with E-state index in [1.54, 1.807) is 7.11 Å². The van der Waals surface area contributed by atoms with Gasteiger partial charge in [0.2, 0.25) is 0 Å². The van der Waals surface area contributed by atoms with Crippen LogP contribution in [0.1, 0.15) is 25.3 Å². The number of hydrogen-bond donors (Lipinski definition) is 2. The van der Waals surface area contributed by atoms with Gasteiger partial charge in [0.1, 0.15) is 5.75 Å². The second-order valence-electron chi connectivity index (χ2n) is 4.63. The predicted molar refractivity (Wildman–Crippen MR) is 68.4 cm³/mol. The van der Waals surface area contributed by atoms with Gasteiger partial charge < -0.3 is 10.1 Å². The van der Waals surface area contributed by atoms with Crippen LogP contribution in [0.4, 0.5) is 0 Å². The summed E-state index contributed by atoms with van der Waals surface area (Å²) in [5.74, 6) is 0.862. The highest BCUT2D eigenvalue weighted by atomic mass is 32.1. The minimum absolute atomic E-state index is 0.181. The minimum Gasteiger partial charge on any atom is -0.497 e. The Morgan fingerprint density at radius 2 is 2.50 bits per heavy atom. The normalized spacial score (nSPS) is 37.5. The van der Waals surface area contributed by atoms with E-state index in [2.05, 4.69) is 17.4 Å². The van der Waals surface area contributed by atoms with Gasteiger partial charge in [-0.05, 0) is 49.0 Å². The summed E-state index contributed by atoms with van der Waals surface area (Å²) in [6, 6.07) is 6.41. The predicted octanol–water partition coefficient (Wildman–Crippen LogP) is 2.13. The van der Waals surface area contributed by atoms with Gasteiger partial charge >= 0.3 is 0 Å². The van der Waals surface area contributed by atoms with Gasteiger partial charge in [0, 0.05) is 12.2 Å². The van der Waals surface area contributed by atoms with Crippen molar-refractivity contribution in [1.29, 1.82) is 0 Å². The van der Waals surface area contributed by atoms with E-state index in [1.807, 2.05) is 6.07 Å². The standard InChI is InChI=1S/C13H17NOS/c1-15-11-3-2-9-6-10-8-13(16,4-5-14-10)12(9)7-11/h2-3,7,10,14,16H,4-6,8H2,1H3/t10-,13+/m0/s1/i8T/t8?,10-,13+. The molecule has 1 saturated heterocycles. The maximum absolute atomic E-state index is 8.36. The fraction of sp³-hybridized carbons (Fsp3) is 0.538. The fourth-order valence-corrected chi connectivity index (χ4v) is 3.28. The maximum atomic E-state index is 8.36. The van der Waals surface area contributed by atoms with Crippen molar-refractivity contribution < 1.29 is 6.11 Å². The van der Waals surface area contributed by atoms with E-state index in [4.69, 9.17) is 18.7 Å². The van der Waals surface area contributed by atoms with E-state index < -0.39 is 0 Å². The second-order valence-corrected chi connectivity index (χ2v) is 5.43. The molecular formula is C13H17NOS. The van der Waals surface area contributed by atoms with E-state index in [0.29, 0.717) is 0 Å². The molecule has 1 aliphatic heterocycles. The van der Waals surface area contributed by atoms with E-state index in [1.165, 1.54) is 11.1 Å². The number of thiol groups is 1. The molecule has 0 amide bonds. The summed E-state index contributed by atoms with van der Waals surface area (Å²) in [4.78, 5) is 0. The van der Waals surface area contributed by atoms with Gasteiger partial charge in [0.05, 0.1) is 7.11 Å². The van der Waals surface area contributed by atoms with Gasteiger partial charge in [-0.1, -0.05) is 6.07 Å². The molecular weight excluding hydrogens is 218 g/mol. The lowest BCUT2D eigenvalue weighted by Gasteiger charge is -2.44. The number of piperidine rings is 1. The van der Waals surface area contributed by atoms with Crippen LogP contribution >= 0.6 is 12.6 Å². The van der Waals surface area contributed by atoms with Crippen LogP contribution in [0.2, 0.25) is 0 Å². The van der Waals surface area contributed by atoms with Gasteiger partial charge in [-0.2, -0.15) is 12.6 Å². The number of methoxy groups -OCH3 is 1. The molecule has 16 heavy (non-hydrogen) atoms. The number of nitrogens with one attached hydrogen (secondary N) is 1. The topological polar surface area (TPSA) is 21.3 Å². The lowest BCUT2D eigenvalue weighted by molar-refractivity contribution is 0.313. The number of rotatable bonds is 1. The number of benzene rings is 1. The van der Waals surface area contributed by atoms with Crippen molar-refractivity contribution in [1.82, 2.24) is 5.32 Å². The average molecular weight is 237 g/mol. The van der Waals surface area contributed by atoms with Crippen molar-refractivity contribution in [2.75, 3.05) is 13.7 Å². The van der Waals surface area contributed by atoms with Crippen LogP contribution in [0.25, 0.3) is 0 Å². The summed E-state index contributed by atoms with van der Waals surface area (Å²) >= 11 is 4.84. The highest BCUT2D eigenvalue weighted by Gasteiger charge is 2.40. The molecule has 1 N–H and O–H groups in total. The molecule has 1 unspecified atom stereocenters. The van der Waals surface area contributed by atoms with E-state index in [-0.39, 0.29) is 17.2 Å². The molecule has 0 aromatic heterocycles. The van der Waals surface area contributed by atoms with Gasteiger partial charge in [0.15, 0.2) is 0 Å². The van der Waals surface area contributed by atoms with Crippen molar-refractivity contribution in [3.63, 3.8) is 0 Å². The first-order chi connectivity index (χ1) is 8.15. The Bertz CT molecular complexity index is 453. The maximum Gasteiger partial charge on any atom is 0.119 e. The zero-order valence-electron chi connectivity index (χ0n) is 10.4. The van der Waals surface area contributed by atoms with Crippen LogP contribution in [-0.4, -0.2) is 19.7 Å². The quantitative estimate of drug-likeness (QED) is 0.730. The van der Waals surface area contributed by atoms with Crippen molar-refractivity contribution >= 4 is 12.6 Å². The molecule has 1 aromatic carbocycles. The van der Waals surface area contributed by atoms with Gasteiger partial charge in [-0.25, -0.2) is 0 Å². The first-order valence-electron chi connectivity index (χ1n) is 6.28. The molecule has 1 fully saturated rings. The summed E-state index contributed by atoms with van der Waals surface area (Å²) in [6.07, 6.45) is 1.65. The smallest absolute Gasteiger partial charge is 0.119 e. The third-order valence-electron chi connectivity index (χ3n) is 3.61. The van der Waals surface area contributed by atoms with Crippen molar-refractivity contribution in [2.24, 2.45) is 0 Å². The molecule has 1 aliphatic carbocycles. The van der Waals surface area contributed by atoms with Gasteiger partial charge in [-0.3, -0.25) is 0 Å². The zero-order valence-corrected chi connectivity index (χ0v) is 10.3. The molecule has 0 radical (unpaired) electrons. The monoisotopic (exact) mass is 237 g/mol. The molecule has 1 heterocycles. The Kier molecular flexibility index (Phi) is 2.15. The fourth-order valence-electron chi connectivity index (χ4n) is 2.78. The van der Waals surface area contributed by atoms with Crippen LogP contribution in [0, 0.1) is 0 Å². The zero-order chi connectivity index (χ0) is 12.0. The Morgan fingerprint density at radius 1 is 1.62 bits per heavy atom. The Balaban J connectivity index is 2.14. The van der Waals surface area contributed by atoms with Crippen molar-refractivity contribution in [2.45, 2.75) is 30.0 Å². The molecule has 2 bridgehead atoms. The number of fused-ring (bicyclic) bond motifs is 4. The van der Waals surface area contributed by atoms with E-state index in [0.717, 1.165) is 25.1 Å². The van der Waals surface area contributed by atoms with Crippen LogP contribution in [0.5, 0.6) is 5.75 Å². The minimum atomic E-state index is -0.321. The number of hydrogen-bond acceptors (Lipinski definition) is 3. The van der Waals surface area contributed by atoms with E-state index >= 15 is 0 Å². The molecule has 0 spiro atoms. The second kappa shape index (κ2) is 3.67. The summed E-state index contributed by atoms with van der Waals surface area (Å²) in [5.41, 5.74) is 2.50. The third-order valence-corrected chi connectivity index (χ3v) is 4.23. The van der Waals surface area contributed by atoms with Crippen molar-refractivity contribution in [3.05, 3.63) is 29.3 Å². The lowest BCUT2D eigenvalue weighted by atomic mass is 9.75. The van der Waals surface area contributed by atoms with Gasteiger partial charge in [-0.15, -0.1) is 0 Å². The van der Waals surface area contributed by atoms with Crippen LogP contribution in [-0.2, 0) is 11.2 Å². The summed E-state index contributed by atoms with van der Waals surface area (Å²) in [7, 11) is 1.68. The Labute approximate surface area is 103 Å². The molecule has 3 atom stereocenters. The van der Waals surface area contributed by atoms with Crippen LogP contribution < -0.4 is 10.1 Å². The molecule has 2 aliphatic rings. The number of ether oxygens (including phenoxy) is 1. The first kappa shape index (κ1) is 9.37. The van der Waals surface area contributed by atoms with Crippen LogP contribution in [0.3, 0.4) is 0 Å². The molecule has 3 rings (SSSR count). The molecule has 3 heteroatoms. The first-order valence-corrected chi connectivity index (χ1v) is 6.15. The summed E-state index contributed by atoms with van der Waals surface area (Å²) in [6.45, 7) is 0.945. The SMILES string of the molecule is [3H]C1[C@@H]2Cc3ccc(OC)cc3[C@@]1(S)CCN2. The molecule has 2 nitrogen and oxygen atoms in total. The Morgan fingerprint density at radius 3 is 3.31 bits per heavy atom. The summed E-state index contributed by atoms with van der Waals surface area (Å²) in [5, 5.41) is 3.43. The van der Waals surface area contributed by atoms with Crippen molar-refractivity contribution in [3.8, 4) is 5.75 Å². The third kappa shape index (κ3) is 1.54. The molecule has 1 aromatic rings. The highest BCUT2D eigenvalue weighted by Crippen LogP contribution is 2.46. The Hall–Kier alpha value is -0.670.